The molecule has 0 aromatic carbocycles. The first-order valence-electron chi connectivity index (χ1n) is 4.95. The number of carbonyl (C=O) groups excluding carboxylic acids is 1. The number of rotatable bonds is 3. The van der Waals surface area contributed by atoms with E-state index in [9.17, 15) is 4.79 Å². The summed E-state index contributed by atoms with van der Waals surface area (Å²) < 4.78 is 1.84. The van der Waals surface area contributed by atoms with E-state index in [0.29, 0.717) is 12.2 Å². The number of carbonyl (C=O) groups is 1. The Morgan fingerprint density at radius 2 is 2.38 bits per heavy atom. The summed E-state index contributed by atoms with van der Waals surface area (Å²) in [6.45, 7) is 2.23. The van der Waals surface area contributed by atoms with Crippen molar-refractivity contribution < 1.29 is 4.79 Å². The summed E-state index contributed by atoms with van der Waals surface area (Å²) in [6.07, 6.45) is 1.71. The van der Waals surface area contributed by atoms with Gasteiger partial charge in [0.15, 0.2) is 5.82 Å². The number of aromatic amines is 1. The minimum Gasteiger partial charge on any atom is -0.357 e. The Kier molecular flexibility index (Phi) is 2.72. The number of hydrogen-bond donors (Lipinski definition) is 2. The van der Waals surface area contributed by atoms with Crippen LogP contribution >= 0.6 is 0 Å². The Balaban J connectivity index is 1.98. The molecule has 0 unspecified atom stereocenters. The van der Waals surface area contributed by atoms with E-state index in [-0.39, 0.29) is 5.91 Å². The fourth-order valence-corrected chi connectivity index (χ4v) is 1.33. The molecule has 0 saturated carbocycles. The third kappa shape index (κ3) is 1.95. The quantitative estimate of drug-likeness (QED) is 0.783. The molecule has 0 saturated heterocycles. The highest BCUT2D eigenvalue weighted by Gasteiger charge is 2.08. The van der Waals surface area contributed by atoms with Crippen LogP contribution in [-0.4, -0.2) is 25.7 Å². The molecule has 84 valence electrons. The van der Waals surface area contributed by atoms with Crippen molar-refractivity contribution in [3.63, 3.8) is 0 Å². The van der Waals surface area contributed by atoms with Crippen molar-refractivity contribution in [1.29, 1.82) is 0 Å². The predicted octanol–water partition coefficient (Wildman–Crippen LogP) is 0.382. The predicted molar refractivity (Wildman–Crippen MR) is 57.7 cm³/mol. The van der Waals surface area contributed by atoms with Gasteiger partial charge in [-0.05, 0) is 19.1 Å². The van der Waals surface area contributed by atoms with Gasteiger partial charge in [-0.25, -0.2) is 0 Å². The van der Waals surface area contributed by atoms with E-state index in [2.05, 4.69) is 20.5 Å². The summed E-state index contributed by atoms with van der Waals surface area (Å²) in [5.74, 6) is 1.41. The fraction of sp³-hybridized carbons (Fsp3) is 0.300. The topological polar surface area (TPSA) is 75.6 Å². The Bertz CT molecular complexity index is 485. The van der Waals surface area contributed by atoms with Crippen molar-refractivity contribution in [2.45, 2.75) is 13.5 Å². The molecule has 6 heteroatoms. The molecule has 0 spiro atoms. The Morgan fingerprint density at radius 1 is 1.56 bits per heavy atom. The maximum atomic E-state index is 11.6. The van der Waals surface area contributed by atoms with Crippen LogP contribution in [0.1, 0.15) is 22.1 Å². The van der Waals surface area contributed by atoms with Crippen LogP contribution in [-0.2, 0) is 13.6 Å². The minimum atomic E-state index is -0.148. The Morgan fingerprint density at radius 3 is 2.94 bits per heavy atom. The second kappa shape index (κ2) is 4.18. The average molecular weight is 219 g/mol. The molecule has 2 N–H and O–H groups in total. The molecule has 1 amide bonds. The maximum absolute atomic E-state index is 11.6. The minimum absolute atomic E-state index is 0.148. The summed E-state index contributed by atoms with van der Waals surface area (Å²) >= 11 is 0. The smallest absolute Gasteiger partial charge is 0.268 e. The number of hydrogen-bond acceptors (Lipinski definition) is 3. The van der Waals surface area contributed by atoms with Crippen molar-refractivity contribution in [1.82, 2.24) is 25.1 Å². The van der Waals surface area contributed by atoms with Crippen LogP contribution in [0.25, 0.3) is 0 Å². The van der Waals surface area contributed by atoms with Gasteiger partial charge in [-0.1, -0.05) is 0 Å². The molecule has 0 fully saturated rings. The van der Waals surface area contributed by atoms with E-state index in [1.807, 2.05) is 18.5 Å². The second-order valence-electron chi connectivity index (χ2n) is 3.49. The first kappa shape index (κ1) is 10.4. The standard InChI is InChI=1S/C10H13N5O/c1-7-13-14-9(15(7)2)6-12-10(16)8-4-3-5-11-8/h3-5,11H,6H2,1-2H3,(H,12,16). The highest BCUT2D eigenvalue weighted by atomic mass is 16.1. The zero-order chi connectivity index (χ0) is 11.5. The monoisotopic (exact) mass is 219 g/mol. The summed E-state index contributed by atoms with van der Waals surface area (Å²) in [6, 6.07) is 3.50. The first-order valence-corrected chi connectivity index (χ1v) is 4.95. The zero-order valence-corrected chi connectivity index (χ0v) is 9.19. The number of aryl methyl sites for hydroxylation is 1. The lowest BCUT2D eigenvalue weighted by Crippen LogP contribution is -2.24. The molecule has 0 bridgehead atoms. The normalized spacial score (nSPS) is 10.4. The van der Waals surface area contributed by atoms with Gasteiger partial charge in [0.05, 0.1) is 6.54 Å². The Hall–Kier alpha value is -2.11. The molecule has 2 aromatic heterocycles. The van der Waals surface area contributed by atoms with Gasteiger partial charge < -0.3 is 14.9 Å². The van der Waals surface area contributed by atoms with Gasteiger partial charge in [0.2, 0.25) is 0 Å². The van der Waals surface area contributed by atoms with Crippen LogP contribution in [0.15, 0.2) is 18.3 Å². The van der Waals surface area contributed by atoms with E-state index in [0.717, 1.165) is 11.6 Å². The summed E-state index contributed by atoms with van der Waals surface area (Å²) in [4.78, 5) is 14.4. The third-order valence-corrected chi connectivity index (χ3v) is 2.43. The molecule has 0 aliphatic rings. The van der Waals surface area contributed by atoms with Crippen LogP contribution in [0.4, 0.5) is 0 Å². The summed E-state index contributed by atoms with van der Waals surface area (Å²) in [5, 5.41) is 10.6. The van der Waals surface area contributed by atoms with Crippen LogP contribution in [0.5, 0.6) is 0 Å². The third-order valence-electron chi connectivity index (χ3n) is 2.43. The van der Waals surface area contributed by atoms with Crippen LogP contribution in [0, 0.1) is 6.92 Å². The van der Waals surface area contributed by atoms with E-state index < -0.39 is 0 Å². The van der Waals surface area contributed by atoms with Gasteiger partial charge in [0, 0.05) is 13.2 Å². The molecule has 0 radical (unpaired) electrons. The molecule has 0 aliphatic heterocycles. The summed E-state index contributed by atoms with van der Waals surface area (Å²) in [5.41, 5.74) is 0.541. The highest BCUT2D eigenvalue weighted by Crippen LogP contribution is 1.98. The molecule has 2 aromatic rings. The number of nitrogens with zero attached hydrogens (tertiary/aromatic N) is 3. The number of amides is 1. The average Bonchev–Trinajstić information content (AvgIpc) is 2.89. The lowest BCUT2D eigenvalue weighted by Gasteiger charge is -2.03. The number of nitrogens with one attached hydrogen (secondary N) is 2. The molecular weight excluding hydrogens is 206 g/mol. The lowest BCUT2D eigenvalue weighted by molar-refractivity contribution is 0.0945. The van der Waals surface area contributed by atoms with E-state index in [1.54, 1.807) is 18.3 Å². The first-order chi connectivity index (χ1) is 7.68. The molecule has 16 heavy (non-hydrogen) atoms. The van der Waals surface area contributed by atoms with Gasteiger partial charge in [-0.3, -0.25) is 4.79 Å². The van der Waals surface area contributed by atoms with Crippen LogP contribution < -0.4 is 5.32 Å². The molecular formula is C10H13N5O. The molecule has 0 atom stereocenters. The lowest BCUT2D eigenvalue weighted by atomic mass is 10.4. The highest BCUT2D eigenvalue weighted by molar-refractivity contribution is 5.92. The second-order valence-corrected chi connectivity index (χ2v) is 3.49. The van der Waals surface area contributed by atoms with Gasteiger partial charge in [-0.15, -0.1) is 10.2 Å². The van der Waals surface area contributed by atoms with Crippen LogP contribution in [0.3, 0.4) is 0 Å². The van der Waals surface area contributed by atoms with Gasteiger partial charge in [-0.2, -0.15) is 0 Å². The van der Waals surface area contributed by atoms with Gasteiger partial charge in [0.25, 0.3) is 5.91 Å². The fourth-order valence-electron chi connectivity index (χ4n) is 1.33. The van der Waals surface area contributed by atoms with E-state index >= 15 is 0 Å². The number of aromatic nitrogens is 4. The van der Waals surface area contributed by atoms with Crippen molar-refractivity contribution in [3.05, 3.63) is 35.7 Å². The SMILES string of the molecule is Cc1nnc(CNC(=O)c2ccc[nH]2)n1C. The van der Waals surface area contributed by atoms with E-state index in [1.165, 1.54) is 0 Å². The molecule has 0 aliphatic carbocycles. The van der Waals surface area contributed by atoms with Crippen molar-refractivity contribution in [3.8, 4) is 0 Å². The number of H-pyrrole nitrogens is 1. The molecule has 2 rings (SSSR count). The zero-order valence-electron chi connectivity index (χ0n) is 9.19. The van der Waals surface area contributed by atoms with Gasteiger partial charge in [0.1, 0.15) is 11.5 Å². The van der Waals surface area contributed by atoms with Gasteiger partial charge >= 0.3 is 0 Å². The summed E-state index contributed by atoms with van der Waals surface area (Å²) in [7, 11) is 1.87. The van der Waals surface area contributed by atoms with Crippen molar-refractivity contribution in [2.75, 3.05) is 0 Å². The van der Waals surface area contributed by atoms with Crippen molar-refractivity contribution >= 4 is 5.91 Å². The largest absolute Gasteiger partial charge is 0.357 e. The molecule has 6 nitrogen and oxygen atoms in total. The maximum Gasteiger partial charge on any atom is 0.268 e. The molecule has 2 heterocycles. The van der Waals surface area contributed by atoms with Crippen molar-refractivity contribution in [2.24, 2.45) is 7.05 Å². The Labute approximate surface area is 92.7 Å². The van der Waals surface area contributed by atoms with Crippen LogP contribution in [0.2, 0.25) is 0 Å². The van der Waals surface area contributed by atoms with E-state index in [4.69, 9.17) is 0 Å².